The summed E-state index contributed by atoms with van der Waals surface area (Å²) in [5.41, 5.74) is 2.96. The maximum Gasteiger partial charge on any atom is 0.200 e. The average Bonchev–Trinajstić information content (AvgIpc) is 2.96. The van der Waals surface area contributed by atoms with Crippen molar-refractivity contribution in [1.29, 1.82) is 0 Å². The zero-order chi connectivity index (χ0) is 29.2. The first-order chi connectivity index (χ1) is 19.9. The maximum absolute atomic E-state index is 12.9. The first-order valence-electron chi connectivity index (χ1n) is 15.1. The monoisotopic (exact) mass is 594 g/mol. The summed E-state index contributed by atoms with van der Waals surface area (Å²) in [5, 5.41) is 11.1. The number of Topliss-reactive ketones (excluding diaryl/α,β-unsaturated/α-hetero) is 1. The van der Waals surface area contributed by atoms with Crippen LogP contribution in [0, 0.1) is 0 Å². The summed E-state index contributed by atoms with van der Waals surface area (Å²) in [7, 11) is 0. The molecule has 218 valence electrons. The number of unbranched alkanes of at least 4 members (excludes halogenated alkanes) is 12. The third-order valence-corrected chi connectivity index (χ3v) is 8.44. The van der Waals surface area contributed by atoms with Crippen molar-refractivity contribution in [1.82, 2.24) is 0 Å². The van der Waals surface area contributed by atoms with Crippen molar-refractivity contribution < 1.29 is 14.3 Å². The number of carbonyl (C=O) groups is 1. The van der Waals surface area contributed by atoms with Crippen molar-refractivity contribution in [3.05, 3.63) is 74.4 Å². The van der Waals surface area contributed by atoms with Crippen LogP contribution in [0.1, 0.15) is 107 Å². The van der Waals surface area contributed by atoms with Crippen LogP contribution in [0.4, 0.5) is 0 Å². The number of halogens is 2. The van der Waals surface area contributed by atoms with Crippen molar-refractivity contribution in [3.63, 3.8) is 0 Å². The molecule has 0 spiro atoms. The molecule has 2 aromatic rings. The summed E-state index contributed by atoms with van der Waals surface area (Å²) < 4.78 is 5.92. The Balaban J connectivity index is 1.33. The molecule has 0 unspecified atom stereocenters. The van der Waals surface area contributed by atoms with E-state index in [1.807, 2.05) is 24.3 Å². The van der Waals surface area contributed by atoms with Crippen LogP contribution < -0.4 is 5.43 Å². The molecule has 0 atom stereocenters. The number of hydrogen-bond donors (Lipinski definition) is 1. The summed E-state index contributed by atoms with van der Waals surface area (Å²) >= 11 is 12.4. The SMILES string of the molecule is CCCCCCCCCCCCCCCC(=O)c1ccc(-c2c3cc(Cl)c(=O)cc-3oc3cc(O)c(Cl)cc23)cc1. The van der Waals surface area contributed by atoms with E-state index in [9.17, 15) is 14.7 Å². The Kier molecular flexibility index (Phi) is 11.7. The van der Waals surface area contributed by atoms with Gasteiger partial charge in [0.05, 0.1) is 10.0 Å². The highest BCUT2D eigenvalue weighted by molar-refractivity contribution is 6.33. The number of phenols is 1. The molecule has 0 saturated carbocycles. The average molecular weight is 596 g/mol. The van der Waals surface area contributed by atoms with E-state index in [4.69, 9.17) is 27.6 Å². The lowest BCUT2D eigenvalue weighted by atomic mass is 9.92. The van der Waals surface area contributed by atoms with Crippen LogP contribution in [0.15, 0.2) is 57.7 Å². The van der Waals surface area contributed by atoms with Crippen LogP contribution in [-0.4, -0.2) is 10.9 Å². The Morgan fingerprint density at radius 2 is 1.34 bits per heavy atom. The van der Waals surface area contributed by atoms with Gasteiger partial charge in [-0.2, -0.15) is 0 Å². The van der Waals surface area contributed by atoms with Gasteiger partial charge in [-0.25, -0.2) is 0 Å². The number of aromatic hydroxyl groups is 1. The smallest absolute Gasteiger partial charge is 0.200 e. The molecule has 4 rings (SSSR count). The van der Waals surface area contributed by atoms with E-state index in [1.54, 1.807) is 12.1 Å². The van der Waals surface area contributed by atoms with Gasteiger partial charge in [0.2, 0.25) is 5.43 Å². The van der Waals surface area contributed by atoms with Crippen LogP contribution in [0.5, 0.6) is 5.75 Å². The molecule has 41 heavy (non-hydrogen) atoms. The summed E-state index contributed by atoms with van der Waals surface area (Å²) in [5.74, 6) is 0.384. The molecule has 0 bridgehead atoms. The fourth-order valence-corrected chi connectivity index (χ4v) is 5.81. The Bertz CT molecular complexity index is 1470. The van der Waals surface area contributed by atoms with E-state index < -0.39 is 0 Å². The molecule has 0 fully saturated rings. The van der Waals surface area contributed by atoms with Crippen molar-refractivity contribution in [2.24, 2.45) is 0 Å². The molecule has 6 heteroatoms. The molecular formula is C35H40Cl2O4. The van der Waals surface area contributed by atoms with Crippen LogP contribution in [0.3, 0.4) is 0 Å². The number of phenolic OH excluding ortho intramolecular Hbond substituents is 1. The number of rotatable bonds is 16. The molecule has 1 aliphatic heterocycles. The van der Waals surface area contributed by atoms with Crippen LogP contribution in [-0.2, 0) is 0 Å². The Morgan fingerprint density at radius 1 is 0.756 bits per heavy atom. The third-order valence-electron chi connectivity index (χ3n) is 7.84. The predicted octanol–water partition coefficient (Wildman–Crippen LogP) is 11.2. The van der Waals surface area contributed by atoms with Gasteiger partial charge in [-0.3, -0.25) is 9.59 Å². The quantitative estimate of drug-likeness (QED) is 0.0795. The van der Waals surface area contributed by atoms with Crippen molar-refractivity contribution in [2.75, 3.05) is 0 Å². The number of ketones is 1. The molecule has 0 radical (unpaired) electrons. The second kappa shape index (κ2) is 15.4. The van der Waals surface area contributed by atoms with Gasteiger partial charge in [0.1, 0.15) is 17.1 Å². The molecule has 0 saturated heterocycles. The fraction of sp³-hybridized carbons (Fsp3) is 0.429. The van der Waals surface area contributed by atoms with Crippen LogP contribution in [0.2, 0.25) is 10.0 Å². The van der Waals surface area contributed by atoms with Crippen LogP contribution in [0.25, 0.3) is 33.4 Å². The Labute approximate surface area is 253 Å². The van der Waals surface area contributed by atoms with E-state index in [1.165, 1.54) is 82.8 Å². The topological polar surface area (TPSA) is 67.5 Å². The fourth-order valence-electron chi connectivity index (χ4n) is 5.48. The lowest BCUT2D eigenvalue weighted by Gasteiger charge is -2.16. The van der Waals surface area contributed by atoms with Gasteiger partial charge in [-0.05, 0) is 24.1 Å². The van der Waals surface area contributed by atoms with Gasteiger partial charge in [-0.1, -0.05) is 131 Å². The number of benzene rings is 3. The van der Waals surface area contributed by atoms with Crippen LogP contribution >= 0.6 is 23.2 Å². The lowest BCUT2D eigenvalue weighted by Crippen LogP contribution is -2.03. The molecule has 0 amide bonds. The third kappa shape index (κ3) is 8.36. The molecule has 1 aliphatic carbocycles. The molecule has 4 nitrogen and oxygen atoms in total. The Hall–Kier alpha value is -2.82. The molecule has 2 aliphatic rings. The second-order valence-electron chi connectivity index (χ2n) is 11.0. The number of carbonyl (C=O) groups excluding carboxylic acids is 1. The van der Waals surface area contributed by atoms with Gasteiger partial charge in [0, 0.05) is 40.6 Å². The van der Waals surface area contributed by atoms with Gasteiger partial charge >= 0.3 is 0 Å². The molecule has 0 aromatic heterocycles. The largest absolute Gasteiger partial charge is 0.506 e. The zero-order valence-electron chi connectivity index (χ0n) is 23.9. The van der Waals surface area contributed by atoms with Crippen molar-refractivity contribution in [2.45, 2.75) is 96.8 Å². The summed E-state index contributed by atoms with van der Waals surface area (Å²) in [4.78, 5) is 25.1. The maximum atomic E-state index is 12.9. The van der Waals surface area contributed by atoms with Gasteiger partial charge in [0.25, 0.3) is 0 Å². The first-order valence-corrected chi connectivity index (χ1v) is 15.9. The second-order valence-corrected chi connectivity index (χ2v) is 11.9. The summed E-state index contributed by atoms with van der Waals surface area (Å²) in [6, 6.07) is 13.5. The number of fused-ring (bicyclic) bond motifs is 2. The highest BCUT2D eigenvalue weighted by atomic mass is 35.5. The summed E-state index contributed by atoms with van der Waals surface area (Å²) in [6.07, 6.45) is 17.2. The van der Waals surface area contributed by atoms with E-state index in [2.05, 4.69) is 6.92 Å². The summed E-state index contributed by atoms with van der Waals surface area (Å²) in [6.45, 7) is 2.26. The minimum atomic E-state index is -0.347. The van der Waals surface area contributed by atoms with E-state index in [0.717, 1.165) is 24.0 Å². The first kappa shape index (κ1) is 31.1. The van der Waals surface area contributed by atoms with Crippen molar-refractivity contribution in [3.8, 4) is 28.2 Å². The van der Waals surface area contributed by atoms with E-state index >= 15 is 0 Å². The minimum absolute atomic E-state index is 0.0859. The number of hydrogen-bond acceptors (Lipinski definition) is 4. The Morgan fingerprint density at radius 3 is 1.95 bits per heavy atom. The standard InChI is InChI=1S/C35H40Cl2O4/c1-2-3-4-5-6-7-8-9-10-11-12-13-14-15-30(38)24-16-18-25(19-17-24)35-26-20-28(36)31(39)22-33(26)41-34-23-32(40)29(37)21-27(34)35/h16-23,39H,2-15H2,1H3. The van der Waals surface area contributed by atoms with Crippen molar-refractivity contribution >= 4 is 40.0 Å². The molecule has 2 aromatic carbocycles. The van der Waals surface area contributed by atoms with E-state index in [0.29, 0.717) is 34.3 Å². The molecule has 1 heterocycles. The molecular weight excluding hydrogens is 555 g/mol. The van der Waals surface area contributed by atoms with Gasteiger partial charge < -0.3 is 9.52 Å². The normalized spacial score (nSPS) is 11.5. The lowest BCUT2D eigenvalue weighted by molar-refractivity contribution is 0.0979. The zero-order valence-corrected chi connectivity index (χ0v) is 25.5. The predicted molar refractivity (Wildman–Crippen MR) is 171 cm³/mol. The van der Waals surface area contributed by atoms with Gasteiger partial charge in [-0.15, -0.1) is 0 Å². The highest BCUT2D eigenvalue weighted by Gasteiger charge is 2.20. The highest BCUT2D eigenvalue weighted by Crippen LogP contribution is 2.43. The van der Waals surface area contributed by atoms with Gasteiger partial charge in [0.15, 0.2) is 5.78 Å². The molecule has 1 N–H and O–H groups in total. The minimum Gasteiger partial charge on any atom is -0.506 e. The van der Waals surface area contributed by atoms with E-state index in [-0.39, 0.29) is 27.0 Å².